The van der Waals surface area contributed by atoms with E-state index in [1.165, 1.54) is 0 Å². The molecule has 0 bridgehead atoms. The van der Waals surface area contributed by atoms with Gasteiger partial charge in [0.25, 0.3) is 0 Å². The van der Waals surface area contributed by atoms with Gasteiger partial charge < -0.3 is 49.4 Å². The molecule has 0 aromatic carbocycles. The van der Waals surface area contributed by atoms with Crippen LogP contribution in [0.1, 0.15) is 0 Å². The van der Waals surface area contributed by atoms with E-state index in [0.29, 0.717) is 119 Å². The van der Waals surface area contributed by atoms with Crippen molar-refractivity contribution in [1.82, 2.24) is 0 Å². The maximum Gasteiger partial charge on any atom is 0.0701 e. The van der Waals surface area contributed by atoms with Crippen molar-refractivity contribution < 1.29 is 37.9 Å². The molecule has 0 aliphatic heterocycles. The molecule has 0 aromatic rings. The fourth-order valence-electron chi connectivity index (χ4n) is 1.81. The summed E-state index contributed by atoms with van der Waals surface area (Å²) in [5.41, 5.74) is 10.6. The lowest BCUT2D eigenvalue weighted by Crippen LogP contribution is -2.15. The SMILES string of the molecule is NCCOCCOCCOCCOCCOCCOCCOCCOCCN. The van der Waals surface area contributed by atoms with Crippen LogP contribution >= 0.6 is 0 Å². The van der Waals surface area contributed by atoms with E-state index in [0.717, 1.165) is 0 Å². The lowest BCUT2D eigenvalue weighted by molar-refractivity contribution is -0.0227. The number of hydrogen-bond acceptors (Lipinski definition) is 10. The van der Waals surface area contributed by atoms with Crippen molar-refractivity contribution in [2.45, 2.75) is 0 Å². The Morgan fingerprint density at radius 3 is 0.536 bits per heavy atom. The minimum atomic E-state index is 0.532. The maximum absolute atomic E-state index is 5.40. The number of rotatable bonds is 25. The Bertz CT molecular complexity index is 252. The van der Waals surface area contributed by atoms with Gasteiger partial charge in [0.05, 0.1) is 106 Å². The molecule has 0 rings (SSSR count). The van der Waals surface area contributed by atoms with Crippen LogP contribution in [-0.4, -0.2) is 119 Å². The maximum atomic E-state index is 5.40. The minimum absolute atomic E-state index is 0.532. The molecule has 0 aromatic heterocycles. The molecular weight excluding hydrogens is 372 g/mol. The Balaban J connectivity index is 2.96. The van der Waals surface area contributed by atoms with E-state index in [1.54, 1.807) is 0 Å². The molecule has 170 valence electrons. The van der Waals surface area contributed by atoms with Crippen LogP contribution in [0.25, 0.3) is 0 Å². The van der Waals surface area contributed by atoms with Crippen molar-refractivity contribution in [3.63, 3.8) is 0 Å². The van der Waals surface area contributed by atoms with Gasteiger partial charge in [0.15, 0.2) is 0 Å². The molecule has 0 radical (unpaired) electrons. The van der Waals surface area contributed by atoms with Gasteiger partial charge in [-0.1, -0.05) is 0 Å². The molecular formula is C18H40N2O8. The normalized spacial score (nSPS) is 11.4. The molecule has 0 saturated carbocycles. The highest BCUT2D eigenvalue weighted by atomic mass is 16.6. The predicted octanol–water partition coefficient (Wildman–Crippen LogP) is -0.963. The Labute approximate surface area is 169 Å². The highest BCUT2D eigenvalue weighted by Gasteiger charge is 1.94. The van der Waals surface area contributed by atoms with Gasteiger partial charge in [0.1, 0.15) is 0 Å². The highest BCUT2D eigenvalue weighted by Crippen LogP contribution is 1.85. The van der Waals surface area contributed by atoms with E-state index in [-0.39, 0.29) is 0 Å². The fourth-order valence-corrected chi connectivity index (χ4v) is 1.81. The van der Waals surface area contributed by atoms with Crippen molar-refractivity contribution in [2.24, 2.45) is 11.5 Å². The van der Waals surface area contributed by atoms with Gasteiger partial charge in [0.2, 0.25) is 0 Å². The first-order chi connectivity index (χ1) is 13.9. The van der Waals surface area contributed by atoms with Gasteiger partial charge in [-0.05, 0) is 0 Å². The molecule has 0 atom stereocenters. The Hall–Kier alpha value is -0.400. The van der Waals surface area contributed by atoms with Gasteiger partial charge in [-0.2, -0.15) is 0 Å². The largest absolute Gasteiger partial charge is 0.378 e. The fraction of sp³-hybridized carbons (Fsp3) is 1.00. The summed E-state index contributed by atoms with van der Waals surface area (Å²) in [5.74, 6) is 0. The molecule has 0 fully saturated rings. The van der Waals surface area contributed by atoms with E-state index in [4.69, 9.17) is 49.4 Å². The summed E-state index contributed by atoms with van der Waals surface area (Å²) in [6.07, 6.45) is 0. The molecule has 28 heavy (non-hydrogen) atoms. The summed E-state index contributed by atoms with van der Waals surface area (Å²) in [6, 6.07) is 0. The molecule has 4 N–H and O–H groups in total. The van der Waals surface area contributed by atoms with Crippen LogP contribution in [0.15, 0.2) is 0 Å². The molecule has 10 heteroatoms. The molecule has 0 heterocycles. The first-order valence-corrected chi connectivity index (χ1v) is 9.94. The van der Waals surface area contributed by atoms with Gasteiger partial charge in [-0.3, -0.25) is 0 Å². The van der Waals surface area contributed by atoms with Crippen molar-refractivity contribution in [1.29, 1.82) is 0 Å². The summed E-state index contributed by atoms with van der Waals surface area (Å²) in [6.45, 7) is 9.79. The molecule has 0 aliphatic rings. The van der Waals surface area contributed by atoms with Crippen molar-refractivity contribution in [2.75, 3.05) is 119 Å². The third kappa shape index (κ3) is 25.6. The van der Waals surface area contributed by atoms with Gasteiger partial charge in [0, 0.05) is 13.1 Å². The van der Waals surface area contributed by atoms with E-state index < -0.39 is 0 Å². The zero-order chi connectivity index (χ0) is 20.4. The van der Waals surface area contributed by atoms with Crippen LogP contribution in [0.4, 0.5) is 0 Å². The average Bonchev–Trinajstić information content (AvgIpc) is 2.71. The summed E-state index contributed by atoms with van der Waals surface area (Å²) < 4.78 is 42.6. The van der Waals surface area contributed by atoms with E-state index in [2.05, 4.69) is 0 Å². The standard InChI is InChI=1S/C18H40N2O8/c19-1-3-21-5-7-23-9-11-25-13-15-27-17-18-28-16-14-26-12-10-24-8-6-22-4-2-20/h1-20H2. The van der Waals surface area contributed by atoms with E-state index in [9.17, 15) is 0 Å². The average molecular weight is 413 g/mol. The number of nitrogens with two attached hydrogens (primary N) is 2. The summed E-state index contributed by atoms with van der Waals surface area (Å²) in [4.78, 5) is 0. The third-order valence-electron chi connectivity index (χ3n) is 3.13. The molecule has 0 amide bonds. The lowest BCUT2D eigenvalue weighted by atomic mass is 10.6. The molecule has 0 saturated heterocycles. The quantitative estimate of drug-likeness (QED) is 0.181. The van der Waals surface area contributed by atoms with Crippen molar-refractivity contribution in [3.05, 3.63) is 0 Å². The molecule has 0 spiro atoms. The second-order valence-corrected chi connectivity index (χ2v) is 5.48. The van der Waals surface area contributed by atoms with Crippen LogP contribution in [0.3, 0.4) is 0 Å². The second-order valence-electron chi connectivity index (χ2n) is 5.48. The zero-order valence-electron chi connectivity index (χ0n) is 17.1. The second kappa shape index (κ2) is 26.6. The smallest absolute Gasteiger partial charge is 0.0701 e. The van der Waals surface area contributed by atoms with Gasteiger partial charge >= 0.3 is 0 Å². The van der Waals surface area contributed by atoms with Crippen molar-refractivity contribution >= 4 is 0 Å². The molecule has 0 unspecified atom stereocenters. The summed E-state index contributed by atoms with van der Waals surface area (Å²) in [5, 5.41) is 0. The van der Waals surface area contributed by atoms with E-state index >= 15 is 0 Å². The number of hydrogen-bond donors (Lipinski definition) is 2. The monoisotopic (exact) mass is 412 g/mol. The predicted molar refractivity (Wildman–Crippen MR) is 105 cm³/mol. The Morgan fingerprint density at radius 1 is 0.250 bits per heavy atom. The van der Waals surface area contributed by atoms with Gasteiger partial charge in [-0.15, -0.1) is 0 Å². The molecule has 10 nitrogen and oxygen atoms in total. The lowest BCUT2D eigenvalue weighted by Gasteiger charge is -2.08. The van der Waals surface area contributed by atoms with Gasteiger partial charge in [-0.25, -0.2) is 0 Å². The highest BCUT2D eigenvalue weighted by molar-refractivity contribution is 4.38. The summed E-state index contributed by atoms with van der Waals surface area (Å²) in [7, 11) is 0. The Morgan fingerprint density at radius 2 is 0.393 bits per heavy atom. The Kier molecular flexibility index (Phi) is 26.2. The third-order valence-corrected chi connectivity index (χ3v) is 3.13. The topological polar surface area (TPSA) is 126 Å². The first-order valence-electron chi connectivity index (χ1n) is 9.94. The van der Waals surface area contributed by atoms with Crippen molar-refractivity contribution in [3.8, 4) is 0 Å². The first kappa shape index (κ1) is 27.6. The minimum Gasteiger partial charge on any atom is -0.378 e. The van der Waals surface area contributed by atoms with Crippen LogP contribution in [0.2, 0.25) is 0 Å². The summed E-state index contributed by atoms with van der Waals surface area (Å²) >= 11 is 0. The van der Waals surface area contributed by atoms with E-state index in [1.807, 2.05) is 0 Å². The van der Waals surface area contributed by atoms with Crippen LogP contribution < -0.4 is 11.5 Å². The van der Waals surface area contributed by atoms with Crippen LogP contribution in [0.5, 0.6) is 0 Å². The van der Waals surface area contributed by atoms with Crippen LogP contribution in [-0.2, 0) is 37.9 Å². The van der Waals surface area contributed by atoms with Crippen LogP contribution in [0, 0.1) is 0 Å². The zero-order valence-corrected chi connectivity index (χ0v) is 17.1. The number of ether oxygens (including phenoxy) is 8. The molecule has 0 aliphatic carbocycles.